The summed E-state index contributed by atoms with van der Waals surface area (Å²) in [5, 5.41) is -0.497. The molecular formula is C25H17ClF3N3O. The standard InChI is InChI=1S/C25H17ClF3N3O/c26-23-18(25(27,28)29)6-3-7-22(23)32(21-11-9-15-4-1-2-5-17(15)21)24(33)16-8-10-19-20(14-16)31-13-12-30-19/h1-8,10,12-14,21H,9,11H2. The molecule has 5 rings (SSSR count). The Kier molecular flexibility index (Phi) is 5.29. The lowest BCUT2D eigenvalue weighted by Gasteiger charge is -2.31. The number of hydrogen-bond acceptors (Lipinski definition) is 3. The summed E-state index contributed by atoms with van der Waals surface area (Å²) < 4.78 is 40.8. The second-order valence-electron chi connectivity index (χ2n) is 7.82. The number of benzene rings is 3. The number of alkyl halides is 3. The van der Waals surface area contributed by atoms with E-state index in [-0.39, 0.29) is 5.69 Å². The lowest BCUT2D eigenvalue weighted by atomic mass is 10.0. The van der Waals surface area contributed by atoms with E-state index >= 15 is 0 Å². The molecule has 0 saturated carbocycles. The van der Waals surface area contributed by atoms with Gasteiger partial charge in [-0.25, -0.2) is 0 Å². The van der Waals surface area contributed by atoms with Gasteiger partial charge in [0, 0.05) is 18.0 Å². The SMILES string of the molecule is O=C(c1ccc2nccnc2c1)N(c1cccc(C(F)(F)F)c1Cl)C1CCc2ccccc21. The van der Waals surface area contributed by atoms with Crippen LogP contribution in [0.2, 0.25) is 5.02 Å². The molecule has 0 aliphatic heterocycles. The number of fused-ring (bicyclic) bond motifs is 2. The zero-order valence-electron chi connectivity index (χ0n) is 17.2. The number of rotatable bonds is 3. The molecule has 0 radical (unpaired) electrons. The Hall–Kier alpha value is -3.45. The maximum absolute atomic E-state index is 13.8. The summed E-state index contributed by atoms with van der Waals surface area (Å²) in [5.74, 6) is -0.453. The predicted octanol–water partition coefficient (Wildman–Crippen LogP) is 6.64. The smallest absolute Gasteiger partial charge is 0.299 e. The van der Waals surface area contributed by atoms with Crippen molar-refractivity contribution in [3.63, 3.8) is 0 Å². The van der Waals surface area contributed by atoms with Crippen LogP contribution in [0.5, 0.6) is 0 Å². The van der Waals surface area contributed by atoms with Gasteiger partial charge in [0.15, 0.2) is 0 Å². The maximum Gasteiger partial charge on any atom is 0.417 e. The van der Waals surface area contributed by atoms with Crippen LogP contribution in [0.1, 0.15) is 39.5 Å². The number of amides is 1. The third-order valence-electron chi connectivity index (χ3n) is 5.89. The Labute approximate surface area is 192 Å². The largest absolute Gasteiger partial charge is 0.417 e. The molecule has 3 aromatic carbocycles. The van der Waals surface area contributed by atoms with Crippen molar-refractivity contribution >= 4 is 34.2 Å². The van der Waals surface area contributed by atoms with Crippen LogP contribution in [0.4, 0.5) is 18.9 Å². The van der Waals surface area contributed by atoms with Crippen molar-refractivity contribution < 1.29 is 18.0 Å². The van der Waals surface area contributed by atoms with E-state index in [0.717, 1.165) is 17.2 Å². The summed E-state index contributed by atoms with van der Waals surface area (Å²) in [4.78, 5) is 23.7. The Bertz CT molecular complexity index is 1370. The fourth-order valence-corrected chi connectivity index (χ4v) is 4.71. The Morgan fingerprint density at radius 3 is 2.52 bits per heavy atom. The second kappa shape index (κ2) is 8.15. The minimum absolute atomic E-state index is 0.0254. The first-order valence-electron chi connectivity index (χ1n) is 10.3. The average Bonchev–Trinajstić information content (AvgIpc) is 3.23. The van der Waals surface area contributed by atoms with E-state index in [4.69, 9.17) is 11.6 Å². The van der Waals surface area contributed by atoms with Gasteiger partial charge in [0.1, 0.15) is 0 Å². The Morgan fingerprint density at radius 2 is 1.73 bits per heavy atom. The van der Waals surface area contributed by atoms with Gasteiger partial charge in [-0.2, -0.15) is 13.2 Å². The lowest BCUT2D eigenvalue weighted by molar-refractivity contribution is -0.137. The number of aromatic nitrogens is 2. The summed E-state index contributed by atoms with van der Waals surface area (Å²) >= 11 is 6.28. The van der Waals surface area contributed by atoms with Crippen LogP contribution in [0.3, 0.4) is 0 Å². The Balaban J connectivity index is 1.68. The number of carbonyl (C=O) groups is 1. The van der Waals surface area contributed by atoms with Crippen molar-refractivity contribution in [3.8, 4) is 0 Å². The minimum Gasteiger partial charge on any atom is -0.299 e. The molecule has 0 bridgehead atoms. The normalized spacial score (nSPS) is 15.5. The van der Waals surface area contributed by atoms with Crippen molar-refractivity contribution in [2.45, 2.75) is 25.1 Å². The average molecular weight is 468 g/mol. The topological polar surface area (TPSA) is 46.1 Å². The van der Waals surface area contributed by atoms with Crippen LogP contribution in [0, 0.1) is 0 Å². The molecule has 33 heavy (non-hydrogen) atoms. The molecule has 0 N–H and O–H groups in total. The van der Waals surface area contributed by atoms with Gasteiger partial charge in [-0.05, 0) is 54.3 Å². The van der Waals surface area contributed by atoms with Gasteiger partial charge in [0.2, 0.25) is 0 Å². The third-order valence-corrected chi connectivity index (χ3v) is 6.29. The molecule has 0 saturated heterocycles. The number of hydrogen-bond donors (Lipinski definition) is 0. The molecule has 0 spiro atoms. The highest BCUT2D eigenvalue weighted by Gasteiger charge is 2.38. The van der Waals surface area contributed by atoms with Crippen molar-refractivity contribution in [1.29, 1.82) is 0 Å². The molecule has 166 valence electrons. The quantitative estimate of drug-likeness (QED) is 0.339. The van der Waals surface area contributed by atoms with Crippen molar-refractivity contribution in [1.82, 2.24) is 9.97 Å². The van der Waals surface area contributed by atoms with Crippen LogP contribution in [-0.2, 0) is 12.6 Å². The van der Waals surface area contributed by atoms with Gasteiger partial charge < -0.3 is 0 Å². The van der Waals surface area contributed by atoms with Crippen LogP contribution in [0.15, 0.2) is 73.1 Å². The molecule has 8 heteroatoms. The molecule has 1 amide bonds. The van der Waals surface area contributed by atoms with Crippen molar-refractivity contribution in [3.05, 3.63) is 100 Å². The van der Waals surface area contributed by atoms with Gasteiger partial charge in [0.05, 0.1) is 33.3 Å². The van der Waals surface area contributed by atoms with Crippen molar-refractivity contribution in [2.24, 2.45) is 0 Å². The van der Waals surface area contributed by atoms with Gasteiger partial charge in [-0.1, -0.05) is 41.9 Å². The molecule has 1 aliphatic carbocycles. The van der Waals surface area contributed by atoms with Gasteiger partial charge in [-0.15, -0.1) is 0 Å². The molecule has 1 aromatic heterocycles. The second-order valence-corrected chi connectivity index (χ2v) is 8.20. The highest BCUT2D eigenvalue weighted by molar-refractivity contribution is 6.35. The highest BCUT2D eigenvalue weighted by Crippen LogP contribution is 2.45. The zero-order chi connectivity index (χ0) is 23.2. The first-order chi connectivity index (χ1) is 15.8. The fourth-order valence-electron chi connectivity index (χ4n) is 4.38. The summed E-state index contributed by atoms with van der Waals surface area (Å²) in [6.45, 7) is 0. The molecule has 1 atom stereocenters. The molecule has 4 nitrogen and oxygen atoms in total. The fraction of sp³-hybridized carbons (Fsp3) is 0.160. The van der Waals surface area contributed by atoms with Crippen LogP contribution >= 0.6 is 11.6 Å². The summed E-state index contributed by atoms with van der Waals surface area (Å²) in [6, 6.07) is 15.7. The minimum atomic E-state index is -4.64. The van der Waals surface area contributed by atoms with Gasteiger partial charge in [-0.3, -0.25) is 19.7 Å². The number of carbonyl (C=O) groups excluding carboxylic acids is 1. The van der Waals surface area contributed by atoms with E-state index in [9.17, 15) is 18.0 Å². The van der Waals surface area contributed by atoms with E-state index in [1.54, 1.807) is 24.4 Å². The zero-order valence-corrected chi connectivity index (χ0v) is 17.9. The summed E-state index contributed by atoms with van der Waals surface area (Å²) in [7, 11) is 0. The van der Waals surface area contributed by atoms with Gasteiger partial charge >= 0.3 is 6.18 Å². The van der Waals surface area contributed by atoms with Crippen LogP contribution in [0.25, 0.3) is 11.0 Å². The van der Waals surface area contributed by atoms with E-state index in [1.807, 2.05) is 24.3 Å². The molecule has 4 aromatic rings. The molecule has 1 unspecified atom stereocenters. The number of nitrogens with zero attached hydrogens (tertiary/aromatic N) is 3. The first-order valence-corrected chi connectivity index (χ1v) is 10.7. The van der Waals surface area contributed by atoms with Crippen molar-refractivity contribution in [2.75, 3.05) is 4.90 Å². The van der Waals surface area contributed by atoms with E-state index in [0.29, 0.717) is 29.4 Å². The molecular weight excluding hydrogens is 451 g/mol. The van der Waals surface area contributed by atoms with Gasteiger partial charge in [0.25, 0.3) is 5.91 Å². The third kappa shape index (κ3) is 3.82. The first kappa shape index (κ1) is 21.4. The number of aryl methyl sites for hydroxylation is 1. The predicted molar refractivity (Wildman–Crippen MR) is 120 cm³/mol. The van der Waals surface area contributed by atoms with Crippen LogP contribution in [-0.4, -0.2) is 15.9 Å². The number of anilines is 1. The molecule has 1 aliphatic rings. The van der Waals surface area contributed by atoms with E-state index in [2.05, 4.69) is 9.97 Å². The maximum atomic E-state index is 13.8. The lowest BCUT2D eigenvalue weighted by Crippen LogP contribution is -2.34. The highest BCUT2D eigenvalue weighted by atomic mass is 35.5. The monoisotopic (exact) mass is 467 g/mol. The Morgan fingerprint density at radius 1 is 0.970 bits per heavy atom. The molecule has 0 fully saturated rings. The van der Waals surface area contributed by atoms with E-state index in [1.165, 1.54) is 23.2 Å². The van der Waals surface area contributed by atoms with Crippen LogP contribution < -0.4 is 4.90 Å². The summed E-state index contributed by atoms with van der Waals surface area (Å²) in [5.41, 5.74) is 2.44. The summed E-state index contributed by atoms with van der Waals surface area (Å²) in [6.07, 6.45) is -0.289. The number of halogens is 4. The van der Waals surface area contributed by atoms with E-state index < -0.39 is 28.7 Å². The molecule has 1 heterocycles.